The van der Waals surface area contributed by atoms with Gasteiger partial charge >= 0.3 is 0 Å². The topological polar surface area (TPSA) is 38.1 Å². The average molecular weight is 364 g/mol. The number of aliphatic hydroxyl groups is 1. The molecule has 0 amide bonds. The van der Waals surface area contributed by atoms with Crippen molar-refractivity contribution in [2.45, 2.75) is 20.1 Å². The van der Waals surface area contributed by atoms with Crippen molar-refractivity contribution in [3.8, 4) is 11.1 Å². The van der Waals surface area contributed by atoms with Crippen molar-refractivity contribution in [2.24, 2.45) is 0 Å². The maximum atomic E-state index is 14.2. The molecule has 0 saturated heterocycles. The van der Waals surface area contributed by atoms with Crippen LogP contribution in [-0.2, 0) is 13.2 Å². The van der Waals surface area contributed by atoms with Gasteiger partial charge in [-0.3, -0.25) is 4.98 Å². The van der Waals surface area contributed by atoms with Gasteiger partial charge in [-0.25, -0.2) is 8.78 Å². The lowest BCUT2D eigenvalue weighted by atomic mass is 10.0. The van der Waals surface area contributed by atoms with Crippen LogP contribution in [0.25, 0.3) is 22.0 Å². The van der Waals surface area contributed by atoms with Gasteiger partial charge in [0.05, 0.1) is 18.8 Å². The van der Waals surface area contributed by atoms with E-state index in [1.54, 1.807) is 12.4 Å². The fraction of sp³-hybridized carbons (Fsp3) is 0.136. The SMILES string of the molecule is Cc1ccc2c(c1)c(-c1ccncc1)c(CO)n2Cc1ccc(F)cc1F. The Balaban J connectivity index is 1.97. The molecule has 0 aliphatic heterocycles. The molecular formula is C22H18F2N2O. The Kier molecular flexibility index (Phi) is 4.46. The fourth-order valence-corrected chi connectivity index (χ4v) is 3.53. The number of aryl methyl sites for hydroxylation is 1. The molecule has 0 spiro atoms. The molecule has 0 atom stereocenters. The van der Waals surface area contributed by atoms with Crippen molar-refractivity contribution in [1.82, 2.24) is 9.55 Å². The molecule has 4 rings (SSSR count). The monoisotopic (exact) mass is 364 g/mol. The van der Waals surface area contributed by atoms with E-state index in [-0.39, 0.29) is 13.2 Å². The van der Waals surface area contributed by atoms with Gasteiger partial charge in [0, 0.05) is 40.5 Å². The van der Waals surface area contributed by atoms with Crippen molar-refractivity contribution >= 4 is 10.9 Å². The van der Waals surface area contributed by atoms with Gasteiger partial charge in [0.15, 0.2) is 0 Å². The van der Waals surface area contributed by atoms with E-state index < -0.39 is 11.6 Å². The van der Waals surface area contributed by atoms with Gasteiger partial charge in [0.1, 0.15) is 11.6 Å². The molecule has 1 N–H and O–H groups in total. The van der Waals surface area contributed by atoms with Crippen LogP contribution < -0.4 is 0 Å². The molecule has 27 heavy (non-hydrogen) atoms. The molecule has 3 nitrogen and oxygen atoms in total. The molecular weight excluding hydrogens is 346 g/mol. The second-order valence-corrected chi connectivity index (χ2v) is 6.56. The number of benzene rings is 2. The third kappa shape index (κ3) is 3.11. The summed E-state index contributed by atoms with van der Waals surface area (Å²) in [5.74, 6) is -1.21. The van der Waals surface area contributed by atoms with E-state index >= 15 is 0 Å². The number of hydrogen-bond donors (Lipinski definition) is 1. The van der Waals surface area contributed by atoms with Gasteiger partial charge in [-0.15, -0.1) is 0 Å². The highest BCUT2D eigenvalue weighted by Gasteiger charge is 2.19. The summed E-state index contributed by atoms with van der Waals surface area (Å²) in [4.78, 5) is 4.06. The quantitative estimate of drug-likeness (QED) is 0.563. The minimum atomic E-state index is -0.607. The summed E-state index contributed by atoms with van der Waals surface area (Å²) in [5.41, 5.74) is 4.87. The Morgan fingerprint density at radius 2 is 1.78 bits per heavy atom. The Bertz CT molecular complexity index is 1120. The van der Waals surface area contributed by atoms with Crippen LogP contribution in [-0.4, -0.2) is 14.7 Å². The number of halogens is 2. The molecule has 0 aliphatic carbocycles. The first kappa shape index (κ1) is 17.4. The number of nitrogens with zero attached hydrogens (tertiary/aromatic N) is 2. The van der Waals surface area contributed by atoms with Gasteiger partial charge in [-0.2, -0.15) is 0 Å². The lowest BCUT2D eigenvalue weighted by Gasteiger charge is -2.12. The van der Waals surface area contributed by atoms with Gasteiger partial charge < -0.3 is 9.67 Å². The van der Waals surface area contributed by atoms with Crippen LogP contribution in [0.5, 0.6) is 0 Å². The second-order valence-electron chi connectivity index (χ2n) is 6.56. The van der Waals surface area contributed by atoms with Gasteiger partial charge in [-0.05, 0) is 42.8 Å². The predicted molar refractivity (Wildman–Crippen MR) is 101 cm³/mol. The molecule has 2 heterocycles. The summed E-state index contributed by atoms with van der Waals surface area (Å²) in [7, 11) is 0. The molecule has 2 aromatic carbocycles. The summed E-state index contributed by atoms with van der Waals surface area (Å²) in [6.45, 7) is 2.01. The summed E-state index contributed by atoms with van der Waals surface area (Å²) in [6, 6.07) is 13.4. The van der Waals surface area contributed by atoms with Gasteiger partial charge in [-0.1, -0.05) is 17.7 Å². The van der Waals surface area contributed by atoms with E-state index in [0.717, 1.165) is 33.7 Å². The van der Waals surface area contributed by atoms with Crippen LogP contribution >= 0.6 is 0 Å². The lowest BCUT2D eigenvalue weighted by Crippen LogP contribution is -2.07. The van der Waals surface area contributed by atoms with E-state index in [9.17, 15) is 13.9 Å². The number of pyridine rings is 1. The van der Waals surface area contributed by atoms with Crippen LogP contribution in [0.3, 0.4) is 0 Å². The molecule has 0 aliphatic rings. The van der Waals surface area contributed by atoms with E-state index in [2.05, 4.69) is 11.1 Å². The third-order valence-corrected chi connectivity index (χ3v) is 4.79. The highest BCUT2D eigenvalue weighted by Crippen LogP contribution is 2.36. The zero-order chi connectivity index (χ0) is 19.0. The average Bonchev–Trinajstić information content (AvgIpc) is 2.97. The Morgan fingerprint density at radius 3 is 2.48 bits per heavy atom. The minimum absolute atomic E-state index is 0.200. The van der Waals surface area contributed by atoms with Crippen molar-refractivity contribution in [1.29, 1.82) is 0 Å². The van der Waals surface area contributed by atoms with Crippen molar-refractivity contribution in [3.63, 3.8) is 0 Å². The maximum Gasteiger partial charge on any atom is 0.131 e. The van der Waals surface area contributed by atoms with Crippen molar-refractivity contribution in [3.05, 3.63) is 89.4 Å². The Labute approximate surface area is 155 Å². The molecule has 136 valence electrons. The molecule has 2 aromatic heterocycles. The van der Waals surface area contributed by atoms with E-state index in [4.69, 9.17) is 0 Å². The standard InChI is InChI=1S/C22H18F2N2O/c1-14-2-5-20-18(10-14)22(15-6-8-25-9-7-15)21(13-27)26(20)12-16-3-4-17(23)11-19(16)24/h2-11,27H,12-13H2,1H3. The largest absolute Gasteiger partial charge is 0.390 e. The van der Waals surface area contributed by atoms with Crippen LogP contribution in [0.1, 0.15) is 16.8 Å². The van der Waals surface area contributed by atoms with E-state index in [0.29, 0.717) is 11.3 Å². The summed E-state index contributed by atoms with van der Waals surface area (Å²) in [5, 5.41) is 11.1. The summed E-state index contributed by atoms with van der Waals surface area (Å²) < 4.78 is 29.4. The van der Waals surface area contributed by atoms with Crippen molar-refractivity contribution < 1.29 is 13.9 Å². The smallest absolute Gasteiger partial charge is 0.131 e. The molecule has 4 aromatic rings. The molecule has 0 unspecified atom stereocenters. The number of hydrogen-bond acceptors (Lipinski definition) is 2. The number of rotatable bonds is 4. The lowest BCUT2D eigenvalue weighted by molar-refractivity contribution is 0.272. The fourth-order valence-electron chi connectivity index (χ4n) is 3.53. The molecule has 5 heteroatoms. The van der Waals surface area contributed by atoms with Crippen LogP contribution in [0, 0.1) is 18.6 Å². The first-order valence-electron chi connectivity index (χ1n) is 8.65. The second kappa shape index (κ2) is 6.93. The Hall–Kier alpha value is -3.05. The van der Waals surface area contributed by atoms with E-state index in [1.165, 1.54) is 12.1 Å². The number of aliphatic hydroxyl groups excluding tert-OH is 1. The van der Waals surface area contributed by atoms with Crippen LogP contribution in [0.2, 0.25) is 0 Å². The normalized spacial score (nSPS) is 11.3. The first-order chi connectivity index (χ1) is 13.1. The number of aromatic nitrogens is 2. The predicted octanol–water partition coefficient (Wildman–Crippen LogP) is 4.83. The van der Waals surface area contributed by atoms with Gasteiger partial charge in [0.2, 0.25) is 0 Å². The summed E-state index contributed by atoms with van der Waals surface area (Å²) in [6.07, 6.45) is 3.41. The zero-order valence-corrected chi connectivity index (χ0v) is 14.8. The number of fused-ring (bicyclic) bond motifs is 1. The van der Waals surface area contributed by atoms with Gasteiger partial charge in [0.25, 0.3) is 0 Å². The Morgan fingerprint density at radius 1 is 1.00 bits per heavy atom. The van der Waals surface area contributed by atoms with Crippen LogP contribution in [0.15, 0.2) is 60.9 Å². The maximum absolute atomic E-state index is 14.2. The third-order valence-electron chi connectivity index (χ3n) is 4.79. The highest BCUT2D eigenvalue weighted by molar-refractivity contribution is 5.98. The highest BCUT2D eigenvalue weighted by atomic mass is 19.1. The summed E-state index contributed by atoms with van der Waals surface area (Å²) >= 11 is 0. The molecule has 0 saturated carbocycles. The first-order valence-corrected chi connectivity index (χ1v) is 8.65. The van der Waals surface area contributed by atoms with Crippen LogP contribution in [0.4, 0.5) is 8.78 Å². The zero-order valence-electron chi connectivity index (χ0n) is 14.8. The van der Waals surface area contributed by atoms with E-state index in [1.807, 2.05) is 35.8 Å². The molecule has 0 fully saturated rings. The molecule has 0 radical (unpaired) electrons. The minimum Gasteiger partial charge on any atom is -0.390 e. The molecule has 0 bridgehead atoms. The van der Waals surface area contributed by atoms with Crippen molar-refractivity contribution in [2.75, 3.05) is 0 Å².